The zero-order chi connectivity index (χ0) is 13.7. The molecule has 1 unspecified atom stereocenters. The first-order chi connectivity index (χ1) is 9.20. The molecule has 2 aromatic rings. The molecule has 0 bridgehead atoms. The van der Waals surface area contributed by atoms with Crippen LogP contribution in [0.3, 0.4) is 0 Å². The van der Waals surface area contributed by atoms with E-state index < -0.39 is 12.5 Å². The predicted octanol–water partition coefficient (Wildman–Crippen LogP) is 4.00. The molecule has 2 rings (SSSR count). The van der Waals surface area contributed by atoms with E-state index in [9.17, 15) is 8.78 Å². The van der Waals surface area contributed by atoms with Gasteiger partial charge in [0.2, 0.25) is 0 Å². The zero-order valence-electron chi connectivity index (χ0n) is 10.5. The number of alkyl halides is 2. The number of hydrogen-bond acceptors (Lipinski definition) is 2. The van der Waals surface area contributed by atoms with Gasteiger partial charge in [0.1, 0.15) is 11.5 Å². The van der Waals surface area contributed by atoms with Crippen LogP contribution < -0.4 is 10.1 Å². The Hall–Kier alpha value is -1.94. The van der Waals surface area contributed by atoms with E-state index in [-0.39, 0.29) is 0 Å². The SMILES string of the molecule is CNC(c1cccc(Oc2ccccc2)c1)C(F)F. The maximum Gasteiger partial charge on any atom is 0.257 e. The monoisotopic (exact) mass is 263 g/mol. The van der Waals surface area contributed by atoms with Crippen LogP contribution in [0.15, 0.2) is 54.6 Å². The van der Waals surface area contributed by atoms with Gasteiger partial charge in [-0.3, -0.25) is 0 Å². The first-order valence-electron chi connectivity index (χ1n) is 5.99. The number of para-hydroxylation sites is 1. The number of rotatable bonds is 5. The summed E-state index contributed by atoms with van der Waals surface area (Å²) < 4.78 is 31.3. The summed E-state index contributed by atoms with van der Waals surface area (Å²) in [5.41, 5.74) is 0.505. The second-order valence-electron chi connectivity index (χ2n) is 4.09. The van der Waals surface area contributed by atoms with E-state index in [1.807, 2.05) is 30.3 Å². The standard InChI is InChI=1S/C15H15F2NO/c1-18-14(15(16)17)11-6-5-9-13(10-11)19-12-7-3-2-4-8-12/h2-10,14-15,18H,1H3. The van der Waals surface area contributed by atoms with Crippen LogP contribution >= 0.6 is 0 Å². The van der Waals surface area contributed by atoms with Crippen LogP contribution in [0.1, 0.15) is 11.6 Å². The van der Waals surface area contributed by atoms with E-state index in [0.717, 1.165) is 0 Å². The van der Waals surface area contributed by atoms with Crippen LogP contribution in [-0.4, -0.2) is 13.5 Å². The summed E-state index contributed by atoms with van der Waals surface area (Å²) in [6.45, 7) is 0. The molecule has 2 nitrogen and oxygen atoms in total. The Kier molecular flexibility index (Phi) is 4.47. The molecule has 0 aromatic heterocycles. The highest BCUT2D eigenvalue weighted by molar-refractivity contribution is 5.35. The molecule has 0 aliphatic rings. The first kappa shape index (κ1) is 13.5. The maximum atomic E-state index is 12.8. The second kappa shape index (κ2) is 6.29. The quantitative estimate of drug-likeness (QED) is 0.880. The minimum absolute atomic E-state index is 0.505. The van der Waals surface area contributed by atoms with E-state index in [1.54, 1.807) is 24.3 Å². The molecule has 0 saturated carbocycles. The molecule has 2 aromatic carbocycles. The van der Waals surface area contributed by atoms with Gasteiger partial charge in [-0.05, 0) is 36.9 Å². The van der Waals surface area contributed by atoms with Gasteiger partial charge >= 0.3 is 0 Å². The van der Waals surface area contributed by atoms with Crippen LogP contribution in [0.4, 0.5) is 8.78 Å². The van der Waals surface area contributed by atoms with Crippen molar-refractivity contribution in [2.45, 2.75) is 12.5 Å². The molecule has 100 valence electrons. The molecule has 0 aliphatic heterocycles. The lowest BCUT2D eigenvalue weighted by Gasteiger charge is -2.16. The first-order valence-corrected chi connectivity index (χ1v) is 5.99. The fraction of sp³-hybridized carbons (Fsp3) is 0.200. The van der Waals surface area contributed by atoms with E-state index in [4.69, 9.17) is 4.74 Å². The summed E-state index contributed by atoms with van der Waals surface area (Å²) in [7, 11) is 1.52. The lowest BCUT2D eigenvalue weighted by Crippen LogP contribution is -2.23. The largest absolute Gasteiger partial charge is 0.457 e. The van der Waals surface area contributed by atoms with Crippen LogP contribution in [0, 0.1) is 0 Å². The van der Waals surface area contributed by atoms with Crippen molar-refractivity contribution in [3.63, 3.8) is 0 Å². The fourth-order valence-electron chi connectivity index (χ4n) is 1.83. The highest BCUT2D eigenvalue weighted by atomic mass is 19.3. The number of halogens is 2. The molecule has 1 atom stereocenters. The fourth-order valence-corrected chi connectivity index (χ4v) is 1.83. The summed E-state index contributed by atoms with van der Waals surface area (Å²) in [4.78, 5) is 0. The molecule has 0 fully saturated rings. The zero-order valence-corrected chi connectivity index (χ0v) is 10.5. The maximum absolute atomic E-state index is 12.8. The number of ether oxygens (including phenoxy) is 1. The molecule has 1 N–H and O–H groups in total. The lowest BCUT2D eigenvalue weighted by atomic mass is 10.1. The van der Waals surface area contributed by atoms with Gasteiger partial charge in [-0.25, -0.2) is 8.78 Å². The Labute approximate surface area is 111 Å². The molecular formula is C15H15F2NO. The molecule has 0 spiro atoms. The van der Waals surface area contributed by atoms with E-state index >= 15 is 0 Å². The minimum atomic E-state index is -2.46. The summed E-state index contributed by atoms with van der Waals surface area (Å²) in [5.74, 6) is 1.22. The molecular weight excluding hydrogens is 248 g/mol. The predicted molar refractivity (Wildman–Crippen MR) is 70.8 cm³/mol. The van der Waals surface area contributed by atoms with Gasteiger partial charge in [0.05, 0.1) is 6.04 Å². The summed E-state index contributed by atoms with van der Waals surface area (Å²) in [5, 5.41) is 2.60. The van der Waals surface area contributed by atoms with E-state index in [0.29, 0.717) is 17.1 Å². The second-order valence-corrected chi connectivity index (χ2v) is 4.09. The van der Waals surface area contributed by atoms with Crippen molar-refractivity contribution >= 4 is 0 Å². The molecule has 4 heteroatoms. The van der Waals surface area contributed by atoms with Crippen LogP contribution in [0.25, 0.3) is 0 Å². The van der Waals surface area contributed by atoms with Crippen LogP contribution in [-0.2, 0) is 0 Å². The number of benzene rings is 2. The smallest absolute Gasteiger partial charge is 0.257 e. The van der Waals surface area contributed by atoms with Crippen LogP contribution in [0.5, 0.6) is 11.5 Å². The van der Waals surface area contributed by atoms with Gasteiger partial charge in [-0.2, -0.15) is 0 Å². The van der Waals surface area contributed by atoms with Gasteiger partial charge in [0, 0.05) is 0 Å². The van der Waals surface area contributed by atoms with Gasteiger partial charge < -0.3 is 10.1 Å². The molecule has 0 saturated heterocycles. The number of hydrogen-bond donors (Lipinski definition) is 1. The molecule has 0 amide bonds. The van der Waals surface area contributed by atoms with E-state index in [2.05, 4.69) is 5.32 Å². The van der Waals surface area contributed by atoms with Crippen molar-refractivity contribution in [1.29, 1.82) is 0 Å². The Balaban J connectivity index is 2.19. The van der Waals surface area contributed by atoms with Gasteiger partial charge in [0.25, 0.3) is 6.43 Å². The topological polar surface area (TPSA) is 21.3 Å². The minimum Gasteiger partial charge on any atom is -0.457 e. The summed E-state index contributed by atoms with van der Waals surface area (Å²) >= 11 is 0. The Morgan fingerprint density at radius 3 is 2.26 bits per heavy atom. The molecule has 0 heterocycles. The average Bonchev–Trinajstić information content (AvgIpc) is 2.41. The van der Waals surface area contributed by atoms with Crippen molar-refractivity contribution < 1.29 is 13.5 Å². The van der Waals surface area contributed by atoms with Crippen molar-refractivity contribution in [1.82, 2.24) is 5.32 Å². The molecule has 0 aliphatic carbocycles. The van der Waals surface area contributed by atoms with Crippen molar-refractivity contribution in [3.8, 4) is 11.5 Å². The van der Waals surface area contributed by atoms with Crippen molar-refractivity contribution in [2.24, 2.45) is 0 Å². The average molecular weight is 263 g/mol. The van der Waals surface area contributed by atoms with Crippen molar-refractivity contribution in [2.75, 3.05) is 7.05 Å². The molecule has 0 radical (unpaired) electrons. The van der Waals surface area contributed by atoms with Gasteiger partial charge in [0.15, 0.2) is 0 Å². The lowest BCUT2D eigenvalue weighted by molar-refractivity contribution is 0.102. The van der Waals surface area contributed by atoms with E-state index in [1.165, 1.54) is 7.05 Å². The van der Waals surface area contributed by atoms with Crippen molar-refractivity contribution in [3.05, 3.63) is 60.2 Å². The number of nitrogens with one attached hydrogen (secondary N) is 1. The Morgan fingerprint density at radius 2 is 1.63 bits per heavy atom. The normalized spacial score (nSPS) is 12.4. The third kappa shape index (κ3) is 3.51. The van der Waals surface area contributed by atoms with Gasteiger partial charge in [-0.15, -0.1) is 0 Å². The third-order valence-electron chi connectivity index (χ3n) is 2.76. The summed E-state index contributed by atoms with van der Waals surface area (Å²) in [6, 6.07) is 15.0. The highest BCUT2D eigenvalue weighted by Gasteiger charge is 2.20. The Morgan fingerprint density at radius 1 is 0.947 bits per heavy atom. The summed E-state index contributed by atoms with van der Waals surface area (Å²) in [6.07, 6.45) is -2.46. The van der Waals surface area contributed by atoms with Gasteiger partial charge in [-0.1, -0.05) is 30.3 Å². The Bertz CT molecular complexity index is 517. The highest BCUT2D eigenvalue weighted by Crippen LogP contribution is 2.26. The third-order valence-corrected chi connectivity index (χ3v) is 2.76. The van der Waals surface area contributed by atoms with Crippen LogP contribution in [0.2, 0.25) is 0 Å². The molecule has 19 heavy (non-hydrogen) atoms.